The molecule has 0 radical (unpaired) electrons. The largest absolute Gasteiger partial charge is 0.488 e. The Bertz CT molecular complexity index is 676. The van der Waals surface area contributed by atoms with Crippen LogP contribution in [0.5, 0.6) is 5.75 Å². The van der Waals surface area contributed by atoms with Gasteiger partial charge in [0.15, 0.2) is 0 Å². The van der Waals surface area contributed by atoms with Gasteiger partial charge in [0.1, 0.15) is 12.4 Å². The fourth-order valence-corrected chi connectivity index (χ4v) is 3.79. The van der Waals surface area contributed by atoms with Crippen molar-refractivity contribution in [2.75, 3.05) is 32.9 Å². The Morgan fingerprint density at radius 3 is 2.35 bits per heavy atom. The van der Waals surface area contributed by atoms with Gasteiger partial charge in [0, 0.05) is 32.2 Å². The molecule has 0 aliphatic carbocycles. The minimum atomic E-state index is -0.293. The maximum absolute atomic E-state index is 13.2. The van der Waals surface area contributed by atoms with E-state index in [2.05, 4.69) is 48.3 Å². The molecule has 1 aliphatic heterocycles. The van der Waals surface area contributed by atoms with Crippen LogP contribution in [0.1, 0.15) is 34.7 Å². The monoisotopic (exact) mass is 356 g/mol. The molecule has 0 unspecified atom stereocenters. The SMILES string of the molecule is Cc1cc([C@H](CCF)N2CCNCC2)cc(C)c1OCc1ccccc1. The molecule has 1 aliphatic rings. The number of piperazine rings is 1. The van der Waals surface area contributed by atoms with Gasteiger partial charge in [-0.15, -0.1) is 0 Å². The van der Waals surface area contributed by atoms with Crippen molar-refractivity contribution in [1.82, 2.24) is 10.2 Å². The Labute approximate surface area is 156 Å². The lowest BCUT2D eigenvalue weighted by Gasteiger charge is -2.35. The number of alkyl halides is 1. The van der Waals surface area contributed by atoms with Crippen LogP contribution in [0.25, 0.3) is 0 Å². The standard InChI is InChI=1S/C22H29FN2O/c1-17-14-20(21(8-9-23)25-12-10-24-11-13-25)15-18(2)22(17)26-16-19-6-4-3-5-7-19/h3-7,14-15,21,24H,8-13,16H2,1-2H3/t21-/m0/s1. The summed E-state index contributed by atoms with van der Waals surface area (Å²) in [6, 6.07) is 14.7. The first kappa shape index (κ1) is 18.9. The first-order valence-electron chi connectivity index (χ1n) is 9.47. The fourth-order valence-electron chi connectivity index (χ4n) is 3.79. The van der Waals surface area contributed by atoms with Crippen LogP contribution < -0.4 is 10.1 Å². The van der Waals surface area contributed by atoms with Crippen LogP contribution in [0.2, 0.25) is 0 Å². The molecule has 1 heterocycles. The second-order valence-corrected chi connectivity index (χ2v) is 7.04. The van der Waals surface area contributed by atoms with E-state index in [1.165, 1.54) is 5.56 Å². The number of hydrogen-bond donors (Lipinski definition) is 1. The van der Waals surface area contributed by atoms with Crippen LogP contribution in [-0.4, -0.2) is 37.8 Å². The molecule has 0 bridgehead atoms. The third-order valence-electron chi connectivity index (χ3n) is 5.07. The van der Waals surface area contributed by atoms with Crippen molar-refractivity contribution in [3.63, 3.8) is 0 Å². The molecule has 4 heteroatoms. The maximum atomic E-state index is 13.2. The van der Waals surface area contributed by atoms with Gasteiger partial charge in [-0.1, -0.05) is 42.5 Å². The molecule has 0 amide bonds. The van der Waals surface area contributed by atoms with Gasteiger partial charge in [-0.05, 0) is 42.5 Å². The van der Waals surface area contributed by atoms with Crippen LogP contribution in [-0.2, 0) is 6.61 Å². The quantitative estimate of drug-likeness (QED) is 0.805. The predicted molar refractivity (Wildman–Crippen MR) is 104 cm³/mol. The zero-order valence-corrected chi connectivity index (χ0v) is 15.8. The normalized spacial score (nSPS) is 16.4. The lowest BCUT2D eigenvalue weighted by Crippen LogP contribution is -2.45. The second kappa shape index (κ2) is 9.15. The Kier molecular flexibility index (Phi) is 6.64. The highest BCUT2D eigenvalue weighted by molar-refractivity contribution is 5.44. The number of rotatable bonds is 7. The number of aryl methyl sites for hydroxylation is 2. The number of ether oxygens (including phenoxy) is 1. The molecule has 1 saturated heterocycles. The van der Waals surface area contributed by atoms with Gasteiger partial charge in [-0.3, -0.25) is 9.29 Å². The van der Waals surface area contributed by atoms with Crippen LogP contribution in [0.4, 0.5) is 4.39 Å². The maximum Gasteiger partial charge on any atom is 0.125 e. The highest BCUT2D eigenvalue weighted by atomic mass is 19.1. The van der Waals surface area contributed by atoms with E-state index in [4.69, 9.17) is 4.74 Å². The van der Waals surface area contributed by atoms with Crippen LogP contribution >= 0.6 is 0 Å². The van der Waals surface area contributed by atoms with E-state index < -0.39 is 0 Å². The van der Waals surface area contributed by atoms with E-state index in [-0.39, 0.29) is 12.7 Å². The Morgan fingerprint density at radius 2 is 1.73 bits per heavy atom. The summed E-state index contributed by atoms with van der Waals surface area (Å²) in [5.41, 5.74) is 4.60. The molecule has 3 nitrogen and oxygen atoms in total. The molecule has 2 aromatic rings. The summed E-state index contributed by atoms with van der Waals surface area (Å²) in [6.45, 7) is 8.32. The van der Waals surface area contributed by atoms with Crippen molar-refractivity contribution in [1.29, 1.82) is 0 Å². The van der Waals surface area contributed by atoms with Crippen molar-refractivity contribution >= 4 is 0 Å². The summed E-state index contributed by atoms with van der Waals surface area (Å²) in [6.07, 6.45) is 0.545. The van der Waals surface area contributed by atoms with Gasteiger partial charge in [-0.25, -0.2) is 0 Å². The van der Waals surface area contributed by atoms with Crippen molar-refractivity contribution in [2.24, 2.45) is 0 Å². The molecule has 0 saturated carbocycles. The van der Waals surface area contributed by atoms with Gasteiger partial charge in [0.05, 0.1) is 6.67 Å². The highest BCUT2D eigenvalue weighted by Gasteiger charge is 2.23. The zero-order chi connectivity index (χ0) is 18.4. The van der Waals surface area contributed by atoms with Gasteiger partial charge >= 0.3 is 0 Å². The molecule has 1 atom stereocenters. The van der Waals surface area contributed by atoms with Crippen LogP contribution in [0, 0.1) is 13.8 Å². The van der Waals surface area contributed by atoms with Gasteiger partial charge in [0.2, 0.25) is 0 Å². The molecule has 26 heavy (non-hydrogen) atoms. The molecule has 1 fully saturated rings. The minimum Gasteiger partial charge on any atom is -0.488 e. The van der Waals surface area contributed by atoms with E-state index >= 15 is 0 Å². The molecule has 0 aromatic heterocycles. The third-order valence-corrected chi connectivity index (χ3v) is 5.07. The molecule has 140 valence electrons. The Balaban J connectivity index is 1.78. The predicted octanol–water partition coefficient (Wildman–Crippen LogP) is 4.19. The smallest absolute Gasteiger partial charge is 0.125 e. The number of nitrogens with one attached hydrogen (secondary N) is 1. The molecule has 2 aromatic carbocycles. The summed E-state index contributed by atoms with van der Waals surface area (Å²) < 4.78 is 19.3. The second-order valence-electron chi connectivity index (χ2n) is 7.04. The average Bonchev–Trinajstić information content (AvgIpc) is 2.67. The Hall–Kier alpha value is -1.91. The third kappa shape index (κ3) is 4.63. The number of hydrogen-bond acceptors (Lipinski definition) is 3. The molecule has 0 spiro atoms. The van der Waals surface area contributed by atoms with E-state index in [1.54, 1.807) is 0 Å². The summed E-state index contributed by atoms with van der Waals surface area (Å²) in [5, 5.41) is 3.37. The van der Waals surface area contributed by atoms with Gasteiger partial charge in [-0.2, -0.15) is 0 Å². The van der Waals surface area contributed by atoms with Crippen LogP contribution in [0.15, 0.2) is 42.5 Å². The lowest BCUT2D eigenvalue weighted by atomic mass is 9.96. The van der Waals surface area contributed by atoms with Gasteiger partial charge < -0.3 is 10.1 Å². The summed E-state index contributed by atoms with van der Waals surface area (Å²) in [5.74, 6) is 0.942. The summed E-state index contributed by atoms with van der Waals surface area (Å²) in [7, 11) is 0. The first-order chi connectivity index (χ1) is 12.7. The van der Waals surface area contributed by atoms with Crippen molar-refractivity contribution in [3.8, 4) is 5.75 Å². The Morgan fingerprint density at radius 1 is 1.08 bits per heavy atom. The molecular formula is C22H29FN2O. The topological polar surface area (TPSA) is 24.5 Å². The average molecular weight is 356 g/mol. The molecular weight excluding hydrogens is 327 g/mol. The van der Waals surface area contributed by atoms with Crippen molar-refractivity contribution in [3.05, 3.63) is 64.7 Å². The van der Waals surface area contributed by atoms with E-state index in [9.17, 15) is 4.39 Å². The van der Waals surface area contributed by atoms with Gasteiger partial charge in [0.25, 0.3) is 0 Å². The van der Waals surface area contributed by atoms with E-state index in [1.807, 2.05) is 18.2 Å². The van der Waals surface area contributed by atoms with Crippen molar-refractivity contribution in [2.45, 2.75) is 32.9 Å². The number of halogens is 1. The lowest BCUT2D eigenvalue weighted by molar-refractivity contribution is 0.157. The van der Waals surface area contributed by atoms with E-state index in [0.29, 0.717) is 13.0 Å². The summed E-state index contributed by atoms with van der Waals surface area (Å²) >= 11 is 0. The minimum absolute atomic E-state index is 0.141. The van der Waals surface area contributed by atoms with Crippen molar-refractivity contribution < 1.29 is 9.13 Å². The molecule has 1 N–H and O–H groups in total. The van der Waals surface area contributed by atoms with Crippen LogP contribution in [0.3, 0.4) is 0 Å². The fraction of sp³-hybridized carbons (Fsp3) is 0.455. The van der Waals surface area contributed by atoms with E-state index in [0.717, 1.165) is 48.6 Å². The zero-order valence-electron chi connectivity index (χ0n) is 15.8. The summed E-state index contributed by atoms with van der Waals surface area (Å²) in [4.78, 5) is 2.40. The molecule has 3 rings (SSSR count). The highest BCUT2D eigenvalue weighted by Crippen LogP contribution is 2.32. The number of benzene rings is 2. The number of nitrogens with zero attached hydrogens (tertiary/aromatic N) is 1. The first-order valence-corrected chi connectivity index (χ1v) is 9.47.